The first-order valence-corrected chi connectivity index (χ1v) is 9.81. The maximum absolute atomic E-state index is 12.4. The normalized spacial score (nSPS) is 25.0. The fraction of sp³-hybridized carbons (Fsp3) is 0.471. The van der Waals surface area contributed by atoms with Gasteiger partial charge in [-0.1, -0.05) is 39.8 Å². The molecule has 7 heteroatoms. The summed E-state index contributed by atoms with van der Waals surface area (Å²) >= 11 is 4.46. The van der Waals surface area contributed by atoms with Crippen LogP contribution in [0.2, 0.25) is 0 Å². The van der Waals surface area contributed by atoms with Gasteiger partial charge in [0.2, 0.25) is 11.0 Å². The molecule has 2 atom stereocenters. The zero-order valence-electron chi connectivity index (χ0n) is 13.2. The molecular weight excluding hydrogens is 392 g/mol. The highest BCUT2D eigenvalue weighted by Gasteiger charge is 2.42. The van der Waals surface area contributed by atoms with Crippen molar-refractivity contribution in [3.63, 3.8) is 0 Å². The van der Waals surface area contributed by atoms with E-state index in [9.17, 15) is 14.4 Å². The highest BCUT2D eigenvalue weighted by Crippen LogP contribution is 2.27. The van der Waals surface area contributed by atoms with E-state index >= 15 is 0 Å². The molecule has 2 saturated heterocycles. The van der Waals surface area contributed by atoms with E-state index in [-0.39, 0.29) is 28.7 Å². The summed E-state index contributed by atoms with van der Waals surface area (Å²) in [6.45, 7) is 0.673. The fourth-order valence-electron chi connectivity index (χ4n) is 3.19. The van der Waals surface area contributed by atoms with Gasteiger partial charge in [-0.25, -0.2) is 0 Å². The maximum atomic E-state index is 12.4. The molecule has 0 radical (unpaired) electrons. The van der Waals surface area contributed by atoms with Gasteiger partial charge in [0, 0.05) is 11.0 Å². The second-order valence-electron chi connectivity index (χ2n) is 6.10. The summed E-state index contributed by atoms with van der Waals surface area (Å²) in [6, 6.07) is 6.94. The number of hydrogen-bond acceptors (Lipinski definition) is 5. The van der Waals surface area contributed by atoms with Crippen LogP contribution in [-0.4, -0.2) is 46.2 Å². The molecule has 1 amide bonds. The van der Waals surface area contributed by atoms with Crippen molar-refractivity contribution >= 4 is 44.5 Å². The zero-order valence-corrected chi connectivity index (χ0v) is 15.6. The molecule has 2 aliphatic rings. The summed E-state index contributed by atoms with van der Waals surface area (Å²) in [6.07, 6.45) is 2.76. The number of amides is 1. The Morgan fingerprint density at radius 1 is 1.25 bits per heavy atom. The Bertz CT molecular complexity index is 634. The van der Waals surface area contributed by atoms with Crippen LogP contribution < -0.4 is 5.32 Å². The van der Waals surface area contributed by atoms with Crippen LogP contribution in [0.3, 0.4) is 0 Å². The van der Waals surface area contributed by atoms with Gasteiger partial charge in [0.15, 0.2) is 5.78 Å². The van der Waals surface area contributed by atoms with Gasteiger partial charge >= 0.3 is 0 Å². The van der Waals surface area contributed by atoms with Crippen LogP contribution in [0.4, 0.5) is 0 Å². The van der Waals surface area contributed by atoms with E-state index in [2.05, 4.69) is 21.2 Å². The third-order valence-electron chi connectivity index (χ3n) is 4.37. The lowest BCUT2D eigenvalue weighted by Crippen LogP contribution is -2.57. The molecule has 0 spiro atoms. The van der Waals surface area contributed by atoms with Crippen LogP contribution in [-0.2, 0) is 20.8 Å². The molecule has 1 aromatic rings. The summed E-state index contributed by atoms with van der Waals surface area (Å²) in [7, 11) is 0. The van der Waals surface area contributed by atoms with Crippen molar-refractivity contribution in [1.82, 2.24) is 10.2 Å². The van der Waals surface area contributed by atoms with Gasteiger partial charge in [-0.15, -0.1) is 0 Å². The number of halogens is 1. The van der Waals surface area contributed by atoms with Crippen LogP contribution >= 0.6 is 27.7 Å². The number of benzene rings is 1. The largest absolute Gasteiger partial charge is 0.340 e. The van der Waals surface area contributed by atoms with Gasteiger partial charge < -0.3 is 5.32 Å². The van der Waals surface area contributed by atoms with E-state index in [0.717, 1.165) is 41.1 Å². The number of nitrogens with zero attached hydrogens (tertiary/aromatic N) is 1. The summed E-state index contributed by atoms with van der Waals surface area (Å²) in [5, 5.41) is 2.92. The molecule has 1 aromatic carbocycles. The second kappa shape index (κ2) is 7.80. The third-order valence-corrected chi connectivity index (χ3v) is 5.83. The molecule has 0 bridgehead atoms. The summed E-state index contributed by atoms with van der Waals surface area (Å²) in [5.74, 6) is 0.123. The molecule has 2 unspecified atom stereocenters. The second-order valence-corrected chi connectivity index (χ2v) is 7.99. The lowest BCUT2D eigenvalue weighted by atomic mass is 10.0. The molecule has 2 aliphatic heterocycles. The first-order valence-electron chi connectivity index (χ1n) is 8.03. The number of Topliss-reactive ketones (excluding diaryl/α,β-unsaturated/α-hetero) is 1. The van der Waals surface area contributed by atoms with Gasteiger partial charge in [0.05, 0.1) is 18.3 Å². The number of carbonyl (C=O) groups is 3. The highest BCUT2D eigenvalue weighted by atomic mass is 79.9. The van der Waals surface area contributed by atoms with Gasteiger partial charge in [-0.2, -0.15) is 0 Å². The average Bonchev–Trinajstić information content (AvgIpc) is 2.89. The van der Waals surface area contributed by atoms with E-state index in [1.54, 1.807) is 0 Å². The lowest BCUT2D eigenvalue weighted by molar-refractivity contribution is -0.132. The van der Waals surface area contributed by atoms with Crippen molar-refractivity contribution in [1.29, 1.82) is 0 Å². The Morgan fingerprint density at radius 2 is 2.00 bits per heavy atom. The van der Waals surface area contributed by atoms with Gasteiger partial charge in [-0.3, -0.25) is 19.3 Å². The first kappa shape index (κ1) is 17.6. The molecule has 128 valence electrons. The topological polar surface area (TPSA) is 66.5 Å². The predicted molar refractivity (Wildman–Crippen MR) is 96.6 cm³/mol. The molecule has 3 rings (SSSR count). The van der Waals surface area contributed by atoms with Gasteiger partial charge in [-0.05, 0) is 37.0 Å². The van der Waals surface area contributed by atoms with Crippen molar-refractivity contribution in [3.05, 3.63) is 34.3 Å². The van der Waals surface area contributed by atoms with E-state index in [4.69, 9.17) is 0 Å². The number of thioether (sulfide) groups is 1. The van der Waals surface area contributed by atoms with Gasteiger partial charge in [0.1, 0.15) is 6.04 Å². The number of nitrogens with one attached hydrogen (secondary N) is 1. The number of ketones is 1. The minimum absolute atomic E-state index is 0.0425. The minimum atomic E-state index is -0.687. The SMILES string of the molecule is O=C(Cc1ccc(Br)cc1)NC1CCCCN1C1C(=O)CSC1=O. The van der Waals surface area contributed by atoms with Crippen LogP contribution in [0.1, 0.15) is 24.8 Å². The van der Waals surface area contributed by atoms with Crippen molar-refractivity contribution in [3.8, 4) is 0 Å². The Labute approximate surface area is 153 Å². The monoisotopic (exact) mass is 410 g/mol. The Kier molecular flexibility index (Phi) is 5.73. The predicted octanol–water partition coefficient (Wildman–Crippen LogP) is 2.13. The van der Waals surface area contributed by atoms with Gasteiger partial charge in [0.25, 0.3) is 0 Å². The van der Waals surface area contributed by atoms with E-state index in [1.165, 1.54) is 0 Å². The number of likely N-dealkylation sites (tertiary alicyclic amines) is 1. The number of carbonyl (C=O) groups excluding carboxylic acids is 3. The summed E-state index contributed by atoms with van der Waals surface area (Å²) in [5.41, 5.74) is 0.932. The van der Waals surface area contributed by atoms with Crippen LogP contribution in [0.25, 0.3) is 0 Å². The quantitative estimate of drug-likeness (QED) is 0.770. The third kappa shape index (κ3) is 4.07. The molecule has 24 heavy (non-hydrogen) atoms. The summed E-state index contributed by atoms with van der Waals surface area (Å²) < 4.78 is 0.973. The summed E-state index contributed by atoms with van der Waals surface area (Å²) in [4.78, 5) is 38.3. The average molecular weight is 411 g/mol. The van der Waals surface area contributed by atoms with Crippen molar-refractivity contribution < 1.29 is 14.4 Å². The standard InChI is InChI=1S/C17H19BrN2O3S/c18-12-6-4-11(5-7-12)9-15(22)19-14-3-1-2-8-20(14)16-13(21)10-24-17(16)23/h4-7,14,16H,1-3,8-10H2,(H,19,22). The maximum Gasteiger partial charge on any atom is 0.225 e. The van der Waals surface area contributed by atoms with E-state index in [0.29, 0.717) is 13.0 Å². The molecule has 0 aliphatic carbocycles. The molecule has 0 saturated carbocycles. The number of hydrogen-bond donors (Lipinski definition) is 1. The minimum Gasteiger partial charge on any atom is -0.340 e. The Hall–Kier alpha value is -1.18. The Balaban J connectivity index is 1.65. The van der Waals surface area contributed by atoms with E-state index in [1.807, 2.05) is 29.2 Å². The number of piperidine rings is 1. The van der Waals surface area contributed by atoms with Crippen LogP contribution in [0, 0.1) is 0 Å². The Morgan fingerprint density at radius 3 is 2.67 bits per heavy atom. The zero-order chi connectivity index (χ0) is 17.1. The van der Waals surface area contributed by atoms with Crippen molar-refractivity contribution in [2.75, 3.05) is 12.3 Å². The molecular formula is C17H19BrN2O3S. The first-order chi connectivity index (χ1) is 11.5. The molecule has 2 fully saturated rings. The molecule has 5 nitrogen and oxygen atoms in total. The van der Waals surface area contributed by atoms with E-state index < -0.39 is 6.04 Å². The van der Waals surface area contributed by atoms with Crippen LogP contribution in [0.15, 0.2) is 28.7 Å². The molecule has 0 aromatic heterocycles. The lowest BCUT2D eigenvalue weighted by Gasteiger charge is -2.38. The molecule has 2 heterocycles. The smallest absolute Gasteiger partial charge is 0.225 e. The molecule has 1 N–H and O–H groups in total. The number of rotatable bonds is 4. The van der Waals surface area contributed by atoms with Crippen molar-refractivity contribution in [2.45, 2.75) is 37.9 Å². The highest BCUT2D eigenvalue weighted by molar-refractivity contribution is 9.10. The fourth-order valence-corrected chi connectivity index (χ4v) is 4.33. The van der Waals surface area contributed by atoms with Crippen LogP contribution in [0.5, 0.6) is 0 Å². The van der Waals surface area contributed by atoms with Crippen molar-refractivity contribution in [2.24, 2.45) is 0 Å².